The number of pyridine rings is 1. The number of carbonyl (C=O) groups is 2. The van der Waals surface area contributed by atoms with Crippen molar-refractivity contribution in [1.82, 2.24) is 10.3 Å². The number of fused-ring (bicyclic) bond motifs is 2. The number of hydrogen-bond acceptors (Lipinski definition) is 8. The van der Waals surface area contributed by atoms with Crippen LogP contribution in [0, 0.1) is 0 Å². The number of aliphatic hydroxyl groups excluding tert-OH is 2. The molecule has 4 N–H and O–H groups in total. The SMILES string of the molecule is CC1(C(=O)Nc2cccnc2C(=O)NC[C@@H](O)CO)COc2cc3c(cc21)OC(F)(F)O3. The third kappa shape index (κ3) is 3.89. The quantitative estimate of drug-likeness (QED) is 0.505. The van der Waals surface area contributed by atoms with Crippen LogP contribution in [0.2, 0.25) is 0 Å². The second-order valence-corrected chi connectivity index (χ2v) is 7.48. The number of hydrogen-bond donors (Lipinski definition) is 4. The Morgan fingerprint density at radius 1 is 1.25 bits per heavy atom. The molecule has 0 saturated carbocycles. The molecule has 0 aliphatic carbocycles. The van der Waals surface area contributed by atoms with E-state index in [0.29, 0.717) is 5.56 Å². The van der Waals surface area contributed by atoms with E-state index in [1.807, 2.05) is 0 Å². The molecule has 1 aromatic heterocycles. The first kappa shape index (κ1) is 21.7. The molecule has 2 amide bonds. The summed E-state index contributed by atoms with van der Waals surface area (Å²) in [5.41, 5.74) is -0.993. The highest BCUT2D eigenvalue weighted by atomic mass is 19.3. The molecule has 1 unspecified atom stereocenters. The van der Waals surface area contributed by atoms with E-state index >= 15 is 0 Å². The third-order valence-corrected chi connectivity index (χ3v) is 5.10. The number of carbonyl (C=O) groups excluding carboxylic acids is 2. The number of ether oxygens (including phenoxy) is 3. The van der Waals surface area contributed by atoms with Crippen LogP contribution in [-0.2, 0) is 10.2 Å². The maximum atomic E-state index is 13.4. The molecule has 0 spiro atoms. The van der Waals surface area contributed by atoms with Gasteiger partial charge in [0.25, 0.3) is 5.91 Å². The van der Waals surface area contributed by atoms with Crippen molar-refractivity contribution in [3.8, 4) is 17.2 Å². The highest BCUT2D eigenvalue weighted by Crippen LogP contribution is 2.50. The summed E-state index contributed by atoms with van der Waals surface area (Å²) in [4.78, 5) is 29.6. The highest BCUT2D eigenvalue weighted by molar-refractivity contribution is 6.05. The smallest absolute Gasteiger partial charge is 0.492 e. The van der Waals surface area contributed by atoms with Gasteiger partial charge in [-0.1, -0.05) is 0 Å². The Morgan fingerprint density at radius 3 is 2.69 bits per heavy atom. The first-order chi connectivity index (χ1) is 15.1. The van der Waals surface area contributed by atoms with Gasteiger partial charge in [0.15, 0.2) is 17.2 Å². The predicted molar refractivity (Wildman–Crippen MR) is 104 cm³/mol. The molecule has 32 heavy (non-hydrogen) atoms. The van der Waals surface area contributed by atoms with Gasteiger partial charge in [-0.3, -0.25) is 9.59 Å². The van der Waals surface area contributed by atoms with Crippen molar-refractivity contribution in [3.05, 3.63) is 41.7 Å². The van der Waals surface area contributed by atoms with Crippen molar-refractivity contribution in [2.45, 2.75) is 24.7 Å². The van der Waals surface area contributed by atoms with Crippen LogP contribution >= 0.6 is 0 Å². The fourth-order valence-electron chi connectivity index (χ4n) is 3.32. The van der Waals surface area contributed by atoms with E-state index in [9.17, 15) is 23.5 Å². The second kappa shape index (κ2) is 7.88. The number of halogens is 2. The number of rotatable bonds is 6. The maximum Gasteiger partial charge on any atom is 0.586 e. The van der Waals surface area contributed by atoms with Gasteiger partial charge in [0, 0.05) is 24.4 Å². The first-order valence-electron chi connectivity index (χ1n) is 9.54. The Kier molecular flexibility index (Phi) is 5.34. The number of aliphatic hydroxyl groups is 2. The van der Waals surface area contributed by atoms with Crippen LogP contribution in [0.1, 0.15) is 23.0 Å². The Hall–Kier alpha value is -3.51. The molecular formula is C20H19F2N3O7. The standard InChI is InChI=1S/C20H19F2N3O7/c1-19(9-30-13-6-15-14(5-11(13)19)31-20(21,22)32-15)18(29)25-12-3-2-4-23-16(12)17(28)24-7-10(27)8-26/h2-6,10,26-27H,7-9H2,1H3,(H,24,28)(H,25,29)/t10-,19?/m1/s1. The van der Waals surface area contributed by atoms with Crippen LogP contribution < -0.4 is 24.8 Å². The van der Waals surface area contributed by atoms with Gasteiger partial charge in [-0.15, -0.1) is 8.78 Å². The number of aromatic nitrogens is 1. The van der Waals surface area contributed by atoms with E-state index in [1.165, 1.54) is 30.5 Å². The second-order valence-electron chi connectivity index (χ2n) is 7.48. The topological polar surface area (TPSA) is 139 Å². The molecule has 0 saturated heterocycles. The molecule has 2 aliphatic rings. The van der Waals surface area contributed by atoms with Crippen LogP contribution in [0.3, 0.4) is 0 Å². The average Bonchev–Trinajstić information content (AvgIpc) is 3.25. The summed E-state index contributed by atoms with van der Waals surface area (Å²) in [5, 5.41) is 23.3. The number of benzene rings is 1. The Labute approximate surface area is 180 Å². The van der Waals surface area contributed by atoms with Crippen LogP contribution in [0.15, 0.2) is 30.5 Å². The normalized spacial score (nSPS) is 20.8. The summed E-state index contributed by atoms with van der Waals surface area (Å²) < 4.78 is 41.2. The molecule has 0 bridgehead atoms. The van der Waals surface area contributed by atoms with Crippen molar-refractivity contribution in [3.63, 3.8) is 0 Å². The Bertz CT molecular complexity index is 1080. The van der Waals surface area contributed by atoms with Gasteiger partial charge in [-0.2, -0.15) is 0 Å². The van der Waals surface area contributed by atoms with Crippen molar-refractivity contribution in [2.24, 2.45) is 0 Å². The van der Waals surface area contributed by atoms with Crippen molar-refractivity contribution in [1.29, 1.82) is 0 Å². The van der Waals surface area contributed by atoms with Gasteiger partial charge in [-0.05, 0) is 25.1 Å². The summed E-state index contributed by atoms with van der Waals surface area (Å²) in [5.74, 6) is -1.46. The highest BCUT2D eigenvalue weighted by Gasteiger charge is 2.49. The molecule has 1 aromatic carbocycles. The van der Waals surface area contributed by atoms with Gasteiger partial charge >= 0.3 is 6.29 Å². The number of nitrogens with one attached hydrogen (secondary N) is 2. The lowest BCUT2D eigenvalue weighted by Crippen LogP contribution is -2.40. The van der Waals surface area contributed by atoms with Crippen LogP contribution in [0.25, 0.3) is 0 Å². The molecule has 2 aromatic rings. The van der Waals surface area contributed by atoms with Crippen molar-refractivity contribution < 1.29 is 42.8 Å². The first-order valence-corrected chi connectivity index (χ1v) is 9.54. The fraction of sp³-hybridized carbons (Fsp3) is 0.350. The number of anilines is 1. The van der Waals surface area contributed by atoms with Crippen LogP contribution in [-0.4, -0.2) is 59.2 Å². The molecule has 3 heterocycles. The van der Waals surface area contributed by atoms with Gasteiger partial charge < -0.3 is 35.1 Å². The number of nitrogens with zero attached hydrogens (tertiary/aromatic N) is 1. The Morgan fingerprint density at radius 2 is 1.97 bits per heavy atom. The van der Waals surface area contributed by atoms with Crippen molar-refractivity contribution >= 4 is 17.5 Å². The maximum absolute atomic E-state index is 13.4. The molecule has 12 heteroatoms. The third-order valence-electron chi connectivity index (χ3n) is 5.10. The molecule has 10 nitrogen and oxygen atoms in total. The largest absolute Gasteiger partial charge is 0.586 e. The monoisotopic (exact) mass is 451 g/mol. The van der Waals surface area contributed by atoms with E-state index in [0.717, 1.165) is 0 Å². The summed E-state index contributed by atoms with van der Waals surface area (Å²) in [7, 11) is 0. The van der Waals surface area contributed by atoms with Crippen molar-refractivity contribution in [2.75, 3.05) is 25.1 Å². The fourth-order valence-corrected chi connectivity index (χ4v) is 3.32. The molecule has 2 atom stereocenters. The summed E-state index contributed by atoms with van der Waals surface area (Å²) in [6.45, 7) is 0.727. The molecule has 4 rings (SSSR count). The summed E-state index contributed by atoms with van der Waals surface area (Å²) in [6.07, 6.45) is -3.60. The van der Waals surface area contributed by atoms with E-state index in [4.69, 9.17) is 9.84 Å². The number of amides is 2. The minimum Gasteiger partial charge on any atom is -0.492 e. The molecular weight excluding hydrogens is 432 g/mol. The molecule has 2 aliphatic heterocycles. The molecule has 0 fully saturated rings. The molecule has 0 radical (unpaired) electrons. The minimum atomic E-state index is -3.81. The Balaban J connectivity index is 1.56. The van der Waals surface area contributed by atoms with Crippen LogP contribution in [0.5, 0.6) is 17.2 Å². The van der Waals surface area contributed by atoms with E-state index in [1.54, 1.807) is 6.92 Å². The van der Waals surface area contributed by atoms with E-state index in [-0.39, 0.29) is 41.8 Å². The van der Waals surface area contributed by atoms with Gasteiger partial charge in [-0.25, -0.2) is 4.98 Å². The van der Waals surface area contributed by atoms with Gasteiger partial charge in [0.1, 0.15) is 17.8 Å². The van der Waals surface area contributed by atoms with Gasteiger partial charge in [0.2, 0.25) is 5.91 Å². The lowest BCUT2D eigenvalue weighted by molar-refractivity contribution is -0.286. The molecule has 170 valence electrons. The van der Waals surface area contributed by atoms with E-state index < -0.39 is 36.2 Å². The summed E-state index contributed by atoms with van der Waals surface area (Å²) in [6, 6.07) is 5.48. The van der Waals surface area contributed by atoms with Crippen LogP contribution in [0.4, 0.5) is 14.5 Å². The average molecular weight is 451 g/mol. The summed E-state index contributed by atoms with van der Waals surface area (Å²) >= 11 is 0. The zero-order valence-corrected chi connectivity index (χ0v) is 16.7. The lowest BCUT2D eigenvalue weighted by Gasteiger charge is -2.22. The van der Waals surface area contributed by atoms with E-state index in [2.05, 4.69) is 25.1 Å². The minimum absolute atomic E-state index is 0.0854. The predicted octanol–water partition coefficient (Wildman–Crippen LogP) is 0.775. The lowest BCUT2D eigenvalue weighted by atomic mass is 9.83. The zero-order chi connectivity index (χ0) is 23.1. The number of alkyl halides is 2. The zero-order valence-electron chi connectivity index (χ0n) is 16.7. The van der Waals surface area contributed by atoms with Gasteiger partial charge in [0.05, 0.1) is 18.4 Å².